The fraction of sp³-hybridized carbons (Fsp3) is 0.588. The van der Waals surface area contributed by atoms with E-state index in [2.05, 4.69) is 5.32 Å². The molecule has 7 nitrogen and oxygen atoms in total. The van der Waals surface area contributed by atoms with Gasteiger partial charge >= 0.3 is 0 Å². The van der Waals surface area contributed by atoms with Gasteiger partial charge in [-0.1, -0.05) is 0 Å². The Hall–Kier alpha value is -2.31. The third kappa shape index (κ3) is 2.30. The highest BCUT2D eigenvalue weighted by molar-refractivity contribution is 5.98. The summed E-state index contributed by atoms with van der Waals surface area (Å²) < 4.78 is 1.77. The second kappa shape index (κ2) is 5.65. The van der Waals surface area contributed by atoms with Crippen molar-refractivity contribution in [1.82, 2.24) is 19.7 Å². The molecule has 128 valence electrons. The number of nitrogens with one attached hydrogen (secondary N) is 1. The average Bonchev–Trinajstić information content (AvgIpc) is 3.21. The van der Waals surface area contributed by atoms with Gasteiger partial charge in [0, 0.05) is 32.4 Å². The van der Waals surface area contributed by atoms with Crippen molar-refractivity contribution >= 4 is 17.7 Å². The fourth-order valence-electron chi connectivity index (χ4n) is 4.22. The molecule has 1 aromatic rings. The van der Waals surface area contributed by atoms with Crippen molar-refractivity contribution in [3.05, 3.63) is 24.0 Å². The van der Waals surface area contributed by atoms with E-state index in [-0.39, 0.29) is 29.8 Å². The first-order valence-corrected chi connectivity index (χ1v) is 8.59. The molecule has 24 heavy (non-hydrogen) atoms. The monoisotopic (exact) mass is 330 g/mol. The Labute approximate surface area is 140 Å². The number of carbonyl (C=O) groups is 3. The summed E-state index contributed by atoms with van der Waals surface area (Å²) in [5.41, 5.74) is 0.600. The molecule has 3 aliphatic rings. The normalized spacial score (nSPS) is 29.5. The van der Waals surface area contributed by atoms with E-state index in [1.807, 2.05) is 19.3 Å². The first kappa shape index (κ1) is 15.2. The zero-order valence-corrected chi connectivity index (χ0v) is 13.8. The van der Waals surface area contributed by atoms with Crippen molar-refractivity contribution in [1.29, 1.82) is 0 Å². The van der Waals surface area contributed by atoms with E-state index in [0.717, 1.165) is 12.8 Å². The molecule has 0 spiro atoms. The van der Waals surface area contributed by atoms with Gasteiger partial charge in [-0.05, 0) is 37.8 Å². The van der Waals surface area contributed by atoms with Gasteiger partial charge in [-0.2, -0.15) is 0 Å². The van der Waals surface area contributed by atoms with Crippen LogP contribution in [0.15, 0.2) is 18.3 Å². The molecular weight excluding hydrogens is 308 g/mol. The summed E-state index contributed by atoms with van der Waals surface area (Å²) in [6.07, 6.45) is 4.70. The van der Waals surface area contributed by atoms with Crippen LogP contribution < -0.4 is 5.32 Å². The summed E-state index contributed by atoms with van der Waals surface area (Å²) in [4.78, 5) is 41.2. The second-order valence-electron chi connectivity index (χ2n) is 6.94. The lowest BCUT2D eigenvalue weighted by Gasteiger charge is -2.46. The zero-order chi connectivity index (χ0) is 16.8. The summed E-state index contributed by atoms with van der Waals surface area (Å²) in [5, 5.41) is 3.02. The molecule has 3 unspecified atom stereocenters. The van der Waals surface area contributed by atoms with Gasteiger partial charge in [-0.15, -0.1) is 0 Å². The summed E-state index contributed by atoms with van der Waals surface area (Å²) in [6, 6.07) is 2.86. The third-order valence-electron chi connectivity index (χ3n) is 5.50. The SMILES string of the molecule is Cn1cccc1C(=O)NC1CCN2C(=O)C3CCCN3C(=O)C2C1. The van der Waals surface area contributed by atoms with Gasteiger partial charge in [-0.25, -0.2) is 0 Å². The number of aryl methyl sites for hydroxylation is 1. The molecule has 0 aliphatic carbocycles. The number of fused-ring (bicyclic) bond motifs is 2. The van der Waals surface area contributed by atoms with Gasteiger partial charge in [0.05, 0.1) is 0 Å². The Morgan fingerprint density at radius 1 is 1.12 bits per heavy atom. The van der Waals surface area contributed by atoms with E-state index in [1.54, 1.807) is 20.4 Å². The van der Waals surface area contributed by atoms with Crippen LogP contribution in [0.5, 0.6) is 0 Å². The minimum atomic E-state index is -0.417. The van der Waals surface area contributed by atoms with Crippen molar-refractivity contribution in [2.45, 2.75) is 43.8 Å². The lowest BCUT2D eigenvalue weighted by atomic mass is 9.92. The molecule has 0 saturated carbocycles. The predicted molar refractivity (Wildman–Crippen MR) is 86.1 cm³/mol. The highest BCUT2D eigenvalue weighted by atomic mass is 16.2. The Kier molecular flexibility index (Phi) is 3.58. The Morgan fingerprint density at radius 3 is 2.62 bits per heavy atom. The molecule has 3 saturated heterocycles. The van der Waals surface area contributed by atoms with E-state index in [9.17, 15) is 14.4 Å². The maximum Gasteiger partial charge on any atom is 0.268 e. The molecule has 0 aromatic carbocycles. The zero-order valence-electron chi connectivity index (χ0n) is 13.8. The third-order valence-corrected chi connectivity index (χ3v) is 5.50. The van der Waals surface area contributed by atoms with Crippen LogP contribution in [0, 0.1) is 0 Å². The summed E-state index contributed by atoms with van der Waals surface area (Å²) >= 11 is 0. The van der Waals surface area contributed by atoms with Crippen LogP contribution in [0.1, 0.15) is 36.2 Å². The van der Waals surface area contributed by atoms with Crippen LogP contribution in [0.2, 0.25) is 0 Å². The first-order chi connectivity index (χ1) is 11.6. The smallest absolute Gasteiger partial charge is 0.268 e. The molecular formula is C17H22N4O3. The Balaban J connectivity index is 1.47. The van der Waals surface area contributed by atoms with Crippen molar-refractivity contribution in [2.24, 2.45) is 7.05 Å². The Bertz CT molecular complexity index is 698. The van der Waals surface area contributed by atoms with E-state index in [4.69, 9.17) is 0 Å². The van der Waals surface area contributed by atoms with Crippen LogP contribution in [-0.4, -0.2) is 63.3 Å². The predicted octanol–water partition coefficient (Wildman–Crippen LogP) is 0.119. The van der Waals surface area contributed by atoms with Crippen molar-refractivity contribution in [3.8, 4) is 0 Å². The number of hydrogen-bond donors (Lipinski definition) is 1. The van der Waals surface area contributed by atoms with E-state index in [1.165, 1.54) is 0 Å². The van der Waals surface area contributed by atoms with Crippen LogP contribution in [0.4, 0.5) is 0 Å². The maximum absolute atomic E-state index is 12.7. The van der Waals surface area contributed by atoms with E-state index < -0.39 is 6.04 Å². The average molecular weight is 330 g/mol. The highest BCUT2D eigenvalue weighted by Crippen LogP contribution is 2.31. The number of rotatable bonds is 2. The van der Waals surface area contributed by atoms with E-state index >= 15 is 0 Å². The molecule has 3 atom stereocenters. The van der Waals surface area contributed by atoms with Gasteiger partial charge in [0.1, 0.15) is 17.8 Å². The number of amides is 3. The number of carbonyl (C=O) groups excluding carboxylic acids is 3. The minimum Gasteiger partial charge on any atom is -0.348 e. The number of hydrogen-bond acceptors (Lipinski definition) is 3. The number of nitrogens with zero attached hydrogens (tertiary/aromatic N) is 3. The quantitative estimate of drug-likeness (QED) is 0.837. The van der Waals surface area contributed by atoms with Crippen LogP contribution in [0.3, 0.4) is 0 Å². The van der Waals surface area contributed by atoms with E-state index in [0.29, 0.717) is 31.6 Å². The standard InChI is InChI=1S/C17H22N4O3/c1-19-7-2-4-12(19)15(22)18-11-6-9-21-14(10-11)17(24)20-8-3-5-13(20)16(21)23/h2,4,7,11,13-14H,3,5-6,8-10H2,1H3,(H,18,22). The summed E-state index contributed by atoms with van der Waals surface area (Å²) in [5.74, 6) is 0.00816. The van der Waals surface area contributed by atoms with Gasteiger partial charge in [0.2, 0.25) is 11.8 Å². The van der Waals surface area contributed by atoms with Gasteiger partial charge in [0.15, 0.2) is 0 Å². The van der Waals surface area contributed by atoms with Crippen molar-refractivity contribution < 1.29 is 14.4 Å². The topological polar surface area (TPSA) is 74.7 Å². The minimum absolute atomic E-state index is 0.0508. The van der Waals surface area contributed by atoms with Crippen LogP contribution in [0.25, 0.3) is 0 Å². The van der Waals surface area contributed by atoms with Gasteiger partial charge in [-0.3, -0.25) is 14.4 Å². The first-order valence-electron chi connectivity index (χ1n) is 8.59. The molecule has 0 radical (unpaired) electrons. The molecule has 3 fully saturated rings. The molecule has 3 aliphatic heterocycles. The molecule has 3 amide bonds. The number of piperazine rings is 1. The van der Waals surface area contributed by atoms with Gasteiger partial charge in [0.25, 0.3) is 5.91 Å². The van der Waals surface area contributed by atoms with Gasteiger partial charge < -0.3 is 19.7 Å². The Morgan fingerprint density at radius 2 is 1.88 bits per heavy atom. The molecule has 7 heteroatoms. The summed E-state index contributed by atoms with van der Waals surface area (Å²) in [6.45, 7) is 1.22. The van der Waals surface area contributed by atoms with Crippen molar-refractivity contribution in [2.75, 3.05) is 13.1 Å². The highest BCUT2D eigenvalue weighted by Gasteiger charge is 2.49. The number of aromatic nitrogens is 1. The lowest BCUT2D eigenvalue weighted by molar-refractivity contribution is -0.161. The van der Waals surface area contributed by atoms with Crippen LogP contribution >= 0.6 is 0 Å². The molecule has 4 rings (SSSR count). The lowest BCUT2D eigenvalue weighted by Crippen LogP contribution is -2.66. The number of piperidine rings is 1. The fourth-order valence-corrected chi connectivity index (χ4v) is 4.22. The van der Waals surface area contributed by atoms with Crippen LogP contribution in [-0.2, 0) is 16.6 Å². The molecule has 1 N–H and O–H groups in total. The summed E-state index contributed by atoms with van der Waals surface area (Å²) in [7, 11) is 1.83. The molecule has 1 aromatic heterocycles. The molecule has 4 heterocycles. The molecule has 0 bridgehead atoms. The maximum atomic E-state index is 12.7. The largest absolute Gasteiger partial charge is 0.348 e. The van der Waals surface area contributed by atoms with Crippen molar-refractivity contribution in [3.63, 3.8) is 0 Å². The second-order valence-corrected chi connectivity index (χ2v) is 6.94.